The molecule has 1 amide bonds. The van der Waals surface area contributed by atoms with Gasteiger partial charge in [-0.2, -0.15) is 0 Å². The number of aliphatic hydroxyl groups is 1. The summed E-state index contributed by atoms with van der Waals surface area (Å²) in [5.41, 5.74) is 1.26. The summed E-state index contributed by atoms with van der Waals surface area (Å²) < 4.78 is 33.0. The largest absolute Gasteiger partial charge is 0.496 e. The number of carbonyl (C=O) groups excluding carboxylic acids is 1. The molecule has 3 aliphatic heterocycles. The third-order valence-corrected chi connectivity index (χ3v) is 7.19. The first kappa shape index (κ1) is 21.2. The summed E-state index contributed by atoms with van der Waals surface area (Å²) in [5.74, 6) is 0.542. The Balaban J connectivity index is 1.23. The number of carbonyl (C=O) groups is 1. The fourth-order valence-electron chi connectivity index (χ4n) is 5.27. The quantitative estimate of drug-likeness (QED) is 0.644. The van der Waals surface area contributed by atoms with Crippen LogP contribution in [0.1, 0.15) is 34.5 Å². The van der Waals surface area contributed by atoms with Gasteiger partial charge in [0, 0.05) is 49.3 Å². The lowest BCUT2D eigenvalue weighted by Crippen LogP contribution is -2.50. The van der Waals surface area contributed by atoms with Crippen LogP contribution >= 0.6 is 0 Å². The Morgan fingerprint density at radius 3 is 2.62 bits per heavy atom. The number of fused-ring (bicyclic) bond motifs is 4. The zero-order valence-electron chi connectivity index (χ0n) is 18.8. The molecule has 3 aromatic rings. The maximum atomic E-state index is 13.9. The van der Waals surface area contributed by atoms with Crippen LogP contribution in [0.25, 0.3) is 5.69 Å². The summed E-state index contributed by atoms with van der Waals surface area (Å²) in [6.45, 7) is 1.41. The molecule has 6 rings (SSSR count). The lowest BCUT2D eigenvalue weighted by Gasteiger charge is -2.45. The van der Waals surface area contributed by atoms with Crippen molar-refractivity contribution in [1.29, 1.82) is 0 Å². The van der Waals surface area contributed by atoms with E-state index in [1.165, 1.54) is 19.2 Å². The van der Waals surface area contributed by atoms with E-state index in [0.29, 0.717) is 48.6 Å². The number of halogens is 1. The number of benzene rings is 2. The maximum absolute atomic E-state index is 13.9. The van der Waals surface area contributed by atoms with Crippen LogP contribution in [-0.4, -0.2) is 53.9 Å². The van der Waals surface area contributed by atoms with Crippen LogP contribution in [0.15, 0.2) is 54.7 Å². The SMILES string of the molecule is COc1cc(C(=O)N2CCC3(CC2)Oc2cc(F)ccc2-n2cccc23)ccc1C1(O)COC1. The molecule has 7 nitrogen and oxygen atoms in total. The van der Waals surface area contributed by atoms with Gasteiger partial charge in [0.05, 0.1) is 31.7 Å². The van der Waals surface area contributed by atoms with Crippen LogP contribution in [0.2, 0.25) is 0 Å². The molecule has 34 heavy (non-hydrogen) atoms. The number of hydrogen-bond acceptors (Lipinski definition) is 5. The van der Waals surface area contributed by atoms with E-state index in [4.69, 9.17) is 14.2 Å². The average molecular weight is 464 g/mol. The minimum Gasteiger partial charge on any atom is -0.496 e. The number of amides is 1. The van der Waals surface area contributed by atoms with Crippen molar-refractivity contribution in [1.82, 2.24) is 9.47 Å². The molecule has 0 unspecified atom stereocenters. The van der Waals surface area contributed by atoms with Crippen LogP contribution in [0.3, 0.4) is 0 Å². The van der Waals surface area contributed by atoms with E-state index in [0.717, 1.165) is 11.4 Å². The van der Waals surface area contributed by atoms with Crippen LogP contribution in [0, 0.1) is 5.82 Å². The van der Waals surface area contributed by atoms with E-state index in [-0.39, 0.29) is 24.9 Å². The third kappa shape index (κ3) is 3.13. The van der Waals surface area contributed by atoms with Crippen molar-refractivity contribution in [3.8, 4) is 17.2 Å². The monoisotopic (exact) mass is 464 g/mol. The summed E-state index contributed by atoms with van der Waals surface area (Å²) in [6.07, 6.45) is 3.14. The van der Waals surface area contributed by atoms with Crippen molar-refractivity contribution in [3.05, 3.63) is 77.4 Å². The normalized spacial score (nSPS) is 19.6. The summed E-state index contributed by atoms with van der Waals surface area (Å²) in [7, 11) is 1.52. The number of aromatic nitrogens is 1. The van der Waals surface area contributed by atoms with Gasteiger partial charge in [-0.15, -0.1) is 0 Å². The van der Waals surface area contributed by atoms with E-state index in [1.807, 2.05) is 22.9 Å². The molecule has 4 heterocycles. The van der Waals surface area contributed by atoms with E-state index in [1.54, 1.807) is 29.2 Å². The second kappa shape index (κ2) is 7.58. The standard InChI is InChI=1S/C26H25FN2O5/c1-32-21-13-17(4-6-19(21)25(31)15-33-16-25)24(30)28-11-8-26(9-12-28)23-3-2-10-29(23)20-7-5-18(27)14-22(20)34-26/h2-7,10,13-14,31H,8-9,11-12,15-16H2,1H3. The van der Waals surface area contributed by atoms with Crippen molar-refractivity contribution >= 4 is 5.91 Å². The molecule has 0 saturated carbocycles. The van der Waals surface area contributed by atoms with Crippen molar-refractivity contribution < 1.29 is 28.5 Å². The highest BCUT2D eigenvalue weighted by atomic mass is 19.1. The molecule has 176 valence electrons. The molecule has 3 aliphatic rings. The number of methoxy groups -OCH3 is 1. The summed E-state index contributed by atoms with van der Waals surface area (Å²) >= 11 is 0. The van der Waals surface area contributed by atoms with Crippen molar-refractivity contribution in [2.45, 2.75) is 24.0 Å². The second-order valence-electron chi connectivity index (χ2n) is 9.20. The van der Waals surface area contributed by atoms with Crippen LogP contribution in [-0.2, 0) is 15.9 Å². The molecule has 1 N–H and O–H groups in total. The van der Waals surface area contributed by atoms with Crippen molar-refractivity contribution in [3.63, 3.8) is 0 Å². The number of piperidine rings is 1. The average Bonchev–Trinajstić information content (AvgIpc) is 3.33. The van der Waals surface area contributed by atoms with Crippen LogP contribution in [0.4, 0.5) is 4.39 Å². The fraction of sp³-hybridized carbons (Fsp3) is 0.346. The topological polar surface area (TPSA) is 73.2 Å². The first-order valence-electron chi connectivity index (χ1n) is 11.4. The predicted molar refractivity (Wildman–Crippen MR) is 121 cm³/mol. The van der Waals surface area contributed by atoms with E-state index >= 15 is 0 Å². The lowest BCUT2D eigenvalue weighted by atomic mass is 9.86. The van der Waals surface area contributed by atoms with Gasteiger partial charge >= 0.3 is 0 Å². The molecular formula is C26H25FN2O5. The lowest BCUT2D eigenvalue weighted by molar-refractivity contribution is -0.185. The molecule has 1 aromatic heterocycles. The Morgan fingerprint density at radius 2 is 1.91 bits per heavy atom. The first-order valence-corrected chi connectivity index (χ1v) is 11.4. The van der Waals surface area contributed by atoms with Crippen LogP contribution < -0.4 is 9.47 Å². The Labute approximate surface area is 196 Å². The molecule has 2 saturated heterocycles. The molecule has 0 bridgehead atoms. The summed E-state index contributed by atoms with van der Waals surface area (Å²) in [4.78, 5) is 15.1. The second-order valence-corrected chi connectivity index (χ2v) is 9.20. The number of rotatable bonds is 3. The Hall–Kier alpha value is -3.36. The minimum atomic E-state index is -1.08. The smallest absolute Gasteiger partial charge is 0.253 e. The van der Waals surface area contributed by atoms with Gasteiger partial charge in [-0.05, 0) is 36.4 Å². The highest BCUT2D eigenvalue weighted by Gasteiger charge is 2.45. The molecule has 2 fully saturated rings. The van der Waals surface area contributed by atoms with Gasteiger partial charge in [-0.3, -0.25) is 4.79 Å². The number of nitrogens with zero attached hydrogens (tertiary/aromatic N) is 2. The van der Waals surface area contributed by atoms with Gasteiger partial charge in [0.25, 0.3) is 5.91 Å². The molecule has 8 heteroatoms. The molecule has 0 radical (unpaired) electrons. The summed E-state index contributed by atoms with van der Waals surface area (Å²) in [5, 5.41) is 10.6. The Bertz CT molecular complexity index is 1270. The highest BCUT2D eigenvalue weighted by Crippen LogP contribution is 2.45. The molecule has 0 atom stereocenters. The van der Waals surface area contributed by atoms with E-state index < -0.39 is 11.2 Å². The van der Waals surface area contributed by atoms with Gasteiger partial charge in [0.2, 0.25) is 0 Å². The molecule has 1 spiro atoms. The number of ether oxygens (including phenoxy) is 3. The minimum absolute atomic E-state index is 0.103. The van der Waals surface area contributed by atoms with Gasteiger partial charge in [-0.25, -0.2) is 4.39 Å². The van der Waals surface area contributed by atoms with Gasteiger partial charge in [0.1, 0.15) is 22.9 Å². The van der Waals surface area contributed by atoms with Crippen molar-refractivity contribution in [2.24, 2.45) is 0 Å². The van der Waals surface area contributed by atoms with Gasteiger partial charge < -0.3 is 28.8 Å². The molecule has 2 aromatic carbocycles. The molecule has 0 aliphatic carbocycles. The Kier molecular flexibility index (Phi) is 4.72. The number of hydrogen-bond donors (Lipinski definition) is 1. The summed E-state index contributed by atoms with van der Waals surface area (Å²) in [6, 6.07) is 13.7. The third-order valence-electron chi connectivity index (χ3n) is 7.19. The zero-order chi connectivity index (χ0) is 23.5. The van der Waals surface area contributed by atoms with Crippen LogP contribution in [0.5, 0.6) is 11.5 Å². The fourth-order valence-corrected chi connectivity index (χ4v) is 5.27. The van der Waals surface area contributed by atoms with Gasteiger partial charge in [-0.1, -0.05) is 6.07 Å². The number of likely N-dealkylation sites (tertiary alicyclic amines) is 1. The Morgan fingerprint density at radius 1 is 1.12 bits per heavy atom. The predicted octanol–water partition coefficient (Wildman–Crippen LogP) is 3.37. The van der Waals surface area contributed by atoms with E-state index in [2.05, 4.69) is 0 Å². The zero-order valence-corrected chi connectivity index (χ0v) is 18.8. The molecular weight excluding hydrogens is 439 g/mol. The van der Waals surface area contributed by atoms with Crippen molar-refractivity contribution in [2.75, 3.05) is 33.4 Å². The van der Waals surface area contributed by atoms with Gasteiger partial charge in [0.15, 0.2) is 5.60 Å². The first-order chi connectivity index (χ1) is 16.4. The van der Waals surface area contributed by atoms with E-state index in [9.17, 15) is 14.3 Å². The maximum Gasteiger partial charge on any atom is 0.253 e. The highest BCUT2D eigenvalue weighted by molar-refractivity contribution is 5.95.